The molecule has 0 spiro atoms. The fraction of sp³-hybridized carbons (Fsp3) is 1.00. The lowest BCUT2D eigenvalue weighted by Gasteiger charge is -2.28. The molecule has 0 saturated heterocycles. The molecule has 0 saturated carbocycles. The van der Waals surface area contributed by atoms with Crippen molar-refractivity contribution in [3.63, 3.8) is 0 Å². The van der Waals surface area contributed by atoms with Crippen molar-refractivity contribution in [3.8, 4) is 0 Å². The third-order valence-corrected chi connectivity index (χ3v) is 2.69. The summed E-state index contributed by atoms with van der Waals surface area (Å²) >= 11 is 0. The lowest BCUT2D eigenvalue weighted by Crippen LogP contribution is -2.42. The molecular formula is C12H28N2. The maximum Gasteiger partial charge on any atom is 0.0107 e. The molecule has 0 heterocycles. The standard InChI is InChI=1S/C12H28N2/c1-7-11(8-2)14(6)10-9-13-12(3,4)5/h11,13H,7-10H2,1-6H3. The quantitative estimate of drug-likeness (QED) is 0.708. The molecule has 0 aliphatic carbocycles. The van der Waals surface area contributed by atoms with Gasteiger partial charge in [0.1, 0.15) is 0 Å². The van der Waals surface area contributed by atoms with Crippen molar-refractivity contribution in [3.05, 3.63) is 0 Å². The van der Waals surface area contributed by atoms with Crippen LogP contribution in [0.25, 0.3) is 0 Å². The summed E-state index contributed by atoms with van der Waals surface area (Å²) in [6.45, 7) is 13.4. The SMILES string of the molecule is CCC(CC)N(C)CCNC(C)(C)C. The van der Waals surface area contributed by atoms with Crippen molar-refractivity contribution < 1.29 is 0 Å². The molecule has 1 N–H and O–H groups in total. The molecule has 0 aromatic carbocycles. The van der Waals surface area contributed by atoms with Crippen molar-refractivity contribution in [2.24, 2.45) is 0 Å². The molecule has 0 atom stereocenters. The number of nitrogens with one attached hydrogen (secondary N) is 1. The highest BCUT2D eigenvalue weighted by molar-refractivity contribution is 4.72. The van der Waals surface area contributed by atoms with E-state index in [2.05, 4.69) is 51.9 Å². The Balaban J connectivity index is 3.67. The second-order valence-electron chi connectivity index (χ2n) is 5.13. The van der Waals surface area contributed by atoms with Gasteiger partial charge in [0.2, 0.25) is 0 Å². The van der Waals surface area contributed by atoms with Gasteiger partial charge >= 0.3 is 0 Å². The molecule has 0 amide bonds. The molecule has 86 valence electrons. The Morgan fingerprint density at radius 2 is 1.64 bits per heavy atom. The number of rotatable bonds is 6. The summed E-state index contributed by atoms with van der Waals surface area (Å²) in [5.41, 5.74) is 0.245. The highest BCUT2D eigenvalue weighted by Crippen LogP contribution is 2.05. The lowest BCUT2D eigenvalue weighted by atomic mass is 10.1. The first kappa shape index (κ1) is 13.9. The molecule has 0 aliphatic heterocycles. The number of likely N-dealkylation sites (N-methyl/N-ethyl adjacent to an activating group) is 1. The fourth-order valence-corrected chi connectivity index (χ4v) is 1.70. The van der Waals surface area contributed by atoms with Crippen LogP contribution in [0.2, 0.25) is 0 Å². The zero-order chi connectivity index (χ0) is 11.2. The summed E-state index contributed by atoms with van der Waals surface area (Å²) in [4.78, 5) is 2.46. The molecule has 2 heteroatoms. The zero-order valence-electron chi connectivity index (χ0n) is 10.9. The van der Waals surface area contributed by atoms with Crippen LogP contribution in [0.4, 0.5) is 0 Å². The van der Waals surface area contributed by atoms with E-state index in [9.17, 15) is 0 Å². The largest absolute Gasteiger partial charge is 0.311 e. The first-order valence-electron chi connectivity index (χ1n) is 5.86. The van der Waals surface area contributed by atoms with Gasteiger partial charge < -0.3 is 10.2 Å². The van der Waals surface area contributed by atoms with Gasteiger partial charge in [0, 0.05) is 24.7 Å². The van der Waals surface area contributed by atoms with E-state index in [1.807, 2.05) is 0 Å². The third kappa shape index (κ3) is 6.39. The molecule has 0 rings (SSSR count). The van der Waals surface area contributed by atoms with E-state index in [4.69, 9.17) is 0 Å². The minimum absolute atomic E-state index is 0.245. The Morgan fingerprint density at radius 1 is 1.14 bits per heavy atom. The molecule has 2 nitrogen and oxygen atoms in total. The van der Waals surface area contributed by atoms with E-state index in [0.29, 0.717) is 0 Å². The van der Waals surface area contributed by atoms with Gasteiger partial charge in [-0.25, -0.2) is 0 Å². The van der Waals surface area contributed by atoms with E-state index in [0.717, 1.165) is 19.1 Å². The van der Waals surface area contributed by atoms with Crippen LogP contribution in [-0.4, -0.2) is 36.6 Å². The first-order chi connectivity index (χ1) is 6.40. The van der Waals surface area contributed by atoms with E-state index in [1.54, 1.807) is 0 Å². The van der Waals surface area contributed by atoms with Crippen LogP contribution in [0.1, 0.15) is 47.5 Å². The average molecular weight is 200 g/mol. The Labute approximate surface area is 90.1 Å². The lowest BCUT2D eigenvalue weighted by molar-refractivity contribution is 0.222. The fourth-order valence-electron chi connectivity index (χ4n) is 1.70. The van der Waals surface area contributed by atoms with Crippen LogP contribution in [0.15, 0.2) is 0 Å². The summed E-state index contributed by atoms with van der Waals surface area (Å²) in [6.07, 6.45) is 2.50. The minimum Gasteiger partial charge on any atom is -0.311 e. The van der Waals surface area contributed by atoms with Gasteiger partial charge in [-0.05, 0) is 40.7 Å². The van der Waals surface area contributed by atoms with Crippen molar-refractivity contribution in [2.45, 2.75) is 59.0 Å². The zero-order valence-corrected chi connectivity index (χ0v) is 10.9. The molecule has 0 radical (unpaired) electrons. The summed E-state index contributed by atoms with van der Waals surface area (Å²) in [6, 6.07) is 0.747. The molecular weight excluding hydrogens is 172 g/mol. The molecule has 0 aliphatic rings. The van der Waals surface area contributed by atoms with Gasteiger partial charge in [0.25, 0.3) is 0 Å². The van der Waals surface area contributed by atoms with Crippen molar-refractivity contribution in [2.75, 3.05) is 20.1 Å². The highest BCUT2D eigenvalue weighted by atomic mass is 15.1. The molecule has 14 heavy (non-hydrogen) atoms. The molecule has 0 fully saturated rings. The first-order valence-corrected chi connectivity index (χ1v) is 5.86. The van der Waals surface area contributed by atoms with Crippen LogP contribution in [0.3, 0.4) is 0 Å². The van der Waals surface area contributed by atoms with Gasteiger partial charge in [-0.15, -0.1) is 0 Å². The second-order valence-corrected chi connectivity index (χ2v) is 5.13. The predicted molar refractivity (Wildman–Crippen MR) is 64.8 cm³/mol. The van der Waals surface area contributed by atoms with E-state index >= 15 is 0 Å². The Morgan fingerprint density at radius 3 is 2.00 bits per heavy atom. The summed E-state index contributed by atoms with van der Waals surface area (Å²) in [5, 5.41) is 3.51. The maximum absolute atomic E-state index is 3.51. The number of hydrogen-bond acceptors (Lipinski definition) is 2. The van der Waals surface area contributed by atoms with E-state index in [-0.39, 0.29) is 5.54 Å². The van der Waals surface area contributed by atoms with Gasteiger partial charge in [0.05, 0.1) is 0 Å². The van der Waals surface area contributed by atoms with Gasteiger partial charge in [-0.1, -0.05) is 13.8 Å². The smallest absolute Gasteiger partial charge is 0.0107 e. The van der Waals surface area contributed by atoms with Crippen LogP contribution in [-0.2, 0) is 0 Å². The van der Waals surface area contributed by atoms with Crippen molar-refractivity contribution in [1.82, 2.24) is 10.2 Å². The van der Waals surface area contributed by atoms with Crippen LogP contribution in [0.5, 0.6) is 0 Å². The Bertz CT molecular complexity index is 134. The molecule has 0 aromatic heterocycles. The van der Waals surface area contributed by atoms with Crippen LogP contribution < -0.4 is 5.32 Å². The average Bonchev–Trinajstić information content (AvgIpc) is 2.04. The number of hydrogen-bond donors (Lipinski definition) is 1. The molecule has 0 bridgehead atoms. The predicted octanol–water partition coefficient (Wildman–Crippen LogP) is 2.49. The number of nitrogens with zero attached hydrogens (tertiary/aromatic N) is 1. The minimum atomic E-state index is 0.245. The summed E-state index contributed by atoms with van der Waals surface area (Å²) in [7, 11) is 2.22. The topological polar surface area (TPSA) is 15.3 Å². The van der Waals surface area contributed by atoms with Crippen LogP contribution in [0, 0.1) is 0 Å². The van der Waals surface area contributed by atoms with Gasteiger partial charge in [0.15, 0.2) is 0 Å². The van der Waals surface area contributed by atoms with Crippen molar-refractivity contribution in [1.29, 1.82) is 0 Å². The Hall–Kier alpha value is -0.0800. The Kier molecular flexibility index (Phi) is 6.38. The highest BCUT2D eigenvalue weighted by Gasteiger charge is 2.12. The molecule has 0 aromatic rings. The van der Waals surface area contributed by atoms with Gasteiger partial charge in [-0.2, -0.15) is 0 Å². The van der Waals surface area contributed by atoms with Crippen molar-refractivity contribution >= 4 is 0 Å². The summed E-state index contributed by atoms with van der Waals surface area (Å²) < 4.78 is 0. The molecule has 0 unspecified atom stereocenters. The van der Waals surface area contributed by atoms with E-state index < -0.39 is 0 Å². The van der Waals surface area contributed by atoms with E-state index in [1.165, 1.54) is 12.8 Å². The summed E-state index contributed by atoms with van der Waals surface area (Å²) in [5.74, 6) is 0. The second kappa shape index (κ2) is 6.41. The van der Waals surface area contributed by atoms with Crippen LogP contribution >= 0.6 is 0 Å². The maximum atomic E-state index is 3.51. The monoisotopic (exact) mass is 200 g/mol. The van der Waals surface area contributed by atoms with Gasteiger partial charge in [-0.3, -0.25) is 0 Å². The third-order valence-electron chi connectivity index (χ3n) is 2.69. The normalized spacial score (nSPS) is 12.9.